The zero-order valence-corrected chi connectivity index (χ0v) is 10.2. The molecule has 0 unspecified atom stereocenters. The highest BCUT2D eigenvalue weighted by atomic mass is 32.2. The second kappa shape index (κ2) is 4.27. The molecular formula is C12H16N2S. The van der Waals surface area contributed by atoms with Gasteiger partial charge in [-0.25, -0.2) is 0 Å². The molecule has 80 valence electrons. The fourth-order valence-corrected chi connectivity index (χ4v) is 2.34. The molecule has 1 aromatic carbocycles. The van der Waals surface area contributed by atoms with Crippen molar-refractivity contribution < 1.29 is 0 Å². The van der Waals surface area contributed by atoms with Crippen LogP contribution in [0.15, 0.2) is 23.2 Å². The van der Waals surface area contributed by atoms with Crippen molar-refractivity contribution in [2.45, 2.75) is 26.0 Å². The maximum Gasteiger partial charge on any atom is 0.161 e. The van der Waals surface area contributed by atoms with Gasteiger partial charge in [0.15, 0.2) is 5.17 Å². The Morgan fingerprint density at radius 1 is 1.33 bits per heavy atom. The Labute approximate surface area is 95.2 Å². The maximum absolute atomic E-state index is 4.43. The van der Waals surface area contributed by atoms with Crippen LogP contribution in [0.2, 0.25) is 0 Å². The van der Waals surface area contributed by atoms with Crippen LogP contribution in [0.1, 0.15) is 18.1 Å². The number of thioether (sulfide) groups is 1. The van der Waals surface area contributed by atoms with Crippen LogP contribution in [-0.4, -0.2) is 17.0 Å². The molecule has 0 aromatic heterocycles. The van der Waals surface area contributed by atoms with Crippen molar-refractivity contribution in [3.63, 3.8) is 0 Å². The first-order chi connectivity index (χ1) is 7.15. The normalized spacial score (nSPS) is 20.2. The second-order valence-electron chi connectivity index (χ2n) is 4.00. The minimum Gasteiger partial charge on any atom is -0.335 e. The van der Waals surface area contributed by atoms with Gasteiger partial charge >= 0.3 is 0 Å². The van der Waals surface area contributed by atoms with E-state index >= 15 is 0 Å². The smallest absolute Gasteiger partial charge is 0.161 e. The lowest BCUT2D eigenvalue weighted by Gasteiger charge is -2.08. The summed E-state index contributed by atoms with van der Waals surface area (Å²) in [5.41, 5.74) is 3.78. The number of rotatable bonds is 1. The summed E-state index contributed by atoms with van der Waals surface area (Å²) in [4.78, 5) is 4.43. The van der Waals surface area contributed by atoms with Gasteiger partial charge < -0.3 is 5.32 Å². The van der Waals surface area contributed by atoms with Gasteiger partial charge in [0.25, 0.3) is 0 Å². The SMILES string of the molecule is Cc1ccc(NC2=NC[C@@H](C)S2)cc1C. The largest absolute Gasteiger partial charge is 0.335 e. The number of benzene rings is 1. The van der Waals surface area contributed by atoms with Gasteiger partial charge in [0.1, 0.15) is 0 Å². The molecule has 1 aliphatic rings. The lowest BCUT2D eigenvalue weighted by atomic mass is 10.1. The van der Waals surface area contributed by atoms with Gasteiger partial charge in [-0.1, -0.05) is 24.8 Å². The molecule has 0 spiro atoms. The number of anilines is 1. The Morgan fingerprint density at radius 3 is 2.73 bits per heavy atom. The zero-order chi connectivity index (χ0) is 10.8. The summed E-state index contributed by atoms with van der Waals surface area (Å²) in [6, 6.07) is 6.41. The minimum atomic E-state index is 0.610. The number of aryl methyl sites for hydroxylation is 2. The van der Waals surface area contributed by atoms with Gasteiger partial charge in [0.05, 0.1) is 6.54 Å². The molecule has 0 fully saturated rings. The third-order valence-electron chi connectivity index (χ3n) is 2.56. The van der Waals surface area contributed by atoms with Crippen LogP contribution >= 0.6 is 11.8 Å². The minimum absolute atomic E-state index is 0.610. The van der Waals surface area contributed by atoms with Crippen molar-refractivity contribution in [2.75, 3.05) is 11.9 Å². The molecule has 1 heterocycles. The Kier molecular flexibility index (Phi) is 3.00. The van der Waals surface area contributed by atoms with Crippen LogP contribution in [-0.2, 0) is 0 Å². The summed E-state index contributed by atoms with van der Waals surface area (Å²) >= 11 is 1.81. The Morgan fingerprint density at radius 2 is 2.13 bits per heavy atom. The van der Waals surface area contributed by atoms with E-state index in [1.807, 2.05) is 11.8 Å². The third kappa shape index (κ3) is 2.53. The quantitative estimate of drug-likeness (QED) is 0.786. The number of aliphatic imine (C=N–C) groups is 1. The van der Waals surface area contributed by atoms with Crippen LogP contribution in [0, 0.1) is 13.8 Å². The van der Waals surface area contributed by atoms with Gasteiger partial charge in [-0.05, 0) is 37.1 Å². The highest BCUT2D eigenvalue weighted by Crippen LogP contribution is 2.22. The van der Waals surface area contributed by atoms with Crippen molar-refractivity contribution in [3.8, 4) is 0 Å². The van der Waals surface area contributed by atoms with E-state index in [2.05, 4.69) is 49.3 Å². The lowest BCUT2D eigenvalue weighted by Crippen LogP contribution is -2.06. The van der Waals surface area contributed by atoms with Crippen molar-refractivity contribution in [1.29, 1.82) is 0 Å². The van der Waals surface area contributed by atoms with E-state index in [4.69, 9.17) is 0 Å². The average molecular weight is 220 g/mol. The van der Waals surface area contributed by atoms with Crippen molar-refractivity contribution in [1.82, 2.24) is 0 Å². The number of amidine groups is 1. The van der Waals surface area contributed by atoms with Gasteiger partial charge in [-0.15, -0.1) is 0 Å². The monoisotopic (exact) mass is 220 g/mol. The average Bonchev–Trinajstić information content (AvgIpc) is 2.58. The molecule has 0 aliphatic carbocycles. The third-order valence-corrected chi connectivity index (χ3v) is 3.57. The van der Waals surface area contributed by atoms with Crippen LogP contribution < -0.4 is 5.32 Å². The van der Waals surface area contributed by atoms with E-state index in [9.17, 15) is 0 Å². The summed E-state index contributed by atoms with van der Waals surface area (Å²) in [6.07, 6.45) is 0. The van der Waals surface area contributed by atoms with Crippen LogP contribution in [0.3, 0.4) is 0 Å². The first kappa shape index (κ1) is 10.6. The molecule has 2 rings (SSSR count). The van der Waals surface area contributed by atoms with Crippen molar-refractivity contribution in [3.05, 3.63) is 29.3 Å². The second-order valence-corrected chi connectivity index (χ2v) is 5.43. The van der Waals surface area contributed by atoms with Gasteiger partial charge in [0, 0.05) is 10.9 Å². The molecule has 15 heavy (non-hydrogen) atoms. The molecular weight excluding hydrogens is 204 g/mol. The molecule has 0 radical (unpaired) electrons. The summed E-state index contributed by atoms with van der Waals surface area (Å²) in [6.45, 7) is 7.39. The molecule has 0 saturated carbocycles. The number of nitrogens with zero attached hydrogens (tertiary/aromatic N) is 1. The van der Waals surface area contributed by atoms with E-state index in [1.54, 1.807) is 0 Å². The Hall–Kier alpha value is -0.960. The number of nitrogens with one attached hydrogen (secondary N) is 1. The summed E-state index contributed by atoms with van der Waals surface area (Å²) in [5.74, 6) is 0. The van der Waals surface area contributed by atoms with E-state index in [0.29, 0.717) is 5.25 Å². The predicted octanol–water partition coefficient (Wildman–Crippen LogP) is 3.21. The molecule has 1 aliphatic heterocycles. The van der Waals surface area contributed by atoms with E-state index < -0.39 is 0 Å². The predicted molar refractivity (Wildman–Crippen MR) is 68.9 cm³/mol. The van der Waals surface area contributed by atoms with E-state index in [0.717, 1.165) is 17.4 Å². The van der Waals surface area contributed by atoms with E-state index in [1.165, 1.54) is 11.1 Å². The zero-order valence-electron chi connectivity index (χ0n) is 9.37. The molecule has 0 bridgehead atoms. The first-order valence-electron chi connectivity index (χ1n) is 5.20. The standard InChI is InChI=1S/C12H16N2S/c1-8-4-5-11(6-9(8)2)14-12-13-7-10(3)15-12/h4-6,10H,7H2,1-3H3,(H,13,14)/t10-/m1/s1. The fraction of sp³-hybridized carbons (Fsp3) is 0.417. The maximum atomic E-state index is 4.43. The Balaban J connectivity index is 2.08. The molecule has 1 N–H and O–H groups in total. The van der Waals surface area contributed by atoms with Gasteiger partial charge in [0.2, 0.25) is 0 Å². The molecule has 3 heteroatoms. The molecule has 2 nitrogen and oxygen atoms in total. The number of hydrogen-bond donors (Lipinski definition) is 1. The topological polar surface area (TPSA) is 24.4 Å². The number of hydrogen-bond acceptors (Lipinski definition) is 3. The summed E-state index contributed by atoms with van der Waals surface area (Å²) < 4.78 is 0. The molecule has 1 aromatic rings. The highest BCUT2D eigenvalue weighted by molar-refractivity contribution is 8.15. The highest BCUT2D eigenvalue weighted by Gasteiger charge is 2.14. The molecule has 0 amide bonds. The van der Waals surface area contributed by atoms with Crippen LogP contribution in [0.25, 0.3) is 0 Å². The van der Waals surface area contributed by atoms with Crippen molar-refractivity contribution >= 4 is 22.6 Å². The molecule has 0 saturated heterocycles. The fourth-order valence-electron chi connectivity index (χ4n) is 1.49. The van der Waals surface area contributed by atoms with Crippen molar-refractivity contribution in [2.24, 2.45) is 4.99 Å². The molecule has 1 atom stereocenters. The lowest BCUT2D eigenvalue weighted by molar-refractivity contribution is 0.976. The summed E-state index contributed by atoms with van der Waals surface area (Å²) in [5, 5.41) is 5.01. The van der Waals surface area contributed by atoms with Gasteiger partial charge in [-0.3, -0.25) is 4.99 Å². The van der Waals surface area contributed by atoms with Crippen LogP contribution in [0.4, 0.5) is 5.69 Å². The van der Waals surface area contributed by atoms with Gasteiger partial charge in [-0.2, -0.15) is 0 Å². The summed E-state index contributed by atoms with van der Waals surface area (Å²) in [7, 11) is 0. The first-order valence-corrected chi connectivity index (χ1v) is 6.08. The van der Waals surface area contributed by atoms with Crippen LogP contribution in [0.5, 0.6) is 0 Å². The Bertz CT molecular complexity index is 399. The van der Waals surface area contributed by atoms with E-state index in [-0.39, 0.29) is 0 Å².